The van der Waals surface area contributed by atoms with Crippen molar-refractivity contribution in [3.63, 3.8) is 0 Å². The molecule has 2 N–H and O–H groups in total. The van der Waals surface area contributed by atoms with Gasteiger partial charge in [0.2, 0.25) is 5.91 Å². The maximum atomic E-state index is 12.3. The van der Waals surface area contributed by atoms with Gasteiger partial charge < -0.3 is 5.32 Å². The van der Waals surface area contributed by atoms with Crippen LogP contribution in [0.4, 0.5) is 0 Å². The number of hydrogen-bond donors (Lipinski definition) is 2. The van der Waals surface area contributed by atoms with E-state index in [1.54, 1.807) is 7.05 Å². The summed E-state index contributed by atoms with van der Waals surface area (Å²) in [5, 5.41) is 10.9. The first kappa shape index (κ1) is 13.1. The van der Waals surface area contributed by atoms with Crippen LogP contribution >= 0.6 is 15.9 Å². The van der Waals surface area contributed by atoms with Gasteiger partial charge >= 0.3 is 0 Å². The fraction of sp³-hybridized carbons (Fsp3) is 0.385. The molecule has 0 aromatic heterocycles. The number of nitrogens with zero attached hydrogens (tertiary/aromatic N) is 1. The molecule has 0 saturated carbocycles. The summed E-state index contributed by atoms with van der Waals surface area (Å²) in [6, 6.07) is 7.63. The standard InChI is InChI=1S/C13H16BrN3O/c1-13(2)10(8-5-4-6-9(14)7-8)16-12(15)17(3)11(13)18/h4-7,10H,1-3H3,(H2,15,16)/t10-/m1/s1. The van der Waals surface area contributed by atoms with Crippen LogP contribution in [0.5, 0.6) is 0 Å². The summed E-state index contributed by atoms with van der Waals surface area (Å²) < 4.78 is 0.968. The number of carbonyl (C=O) groups is 1. The van der Waals surface area contributed by atoms with E-state index in [1.165, 1.54) is 4.90 Å². The maximum Gasteiger partial charge on any atom is 0.237 e. The molecule has 2 rings (SSSR count). The molecule has 1 aliphatic rings. The highest BCUT2D eigenvalue weighted by molar-refractivity contribution is 9.10. The summed E-state index contributed by atoms with van der Waals surface area (Å²) in [5.41, 5.74) is 0.417. The first-order chi connectivity index (χ1) is 8.34. The normalized spacial score (nSPS) is 22.9. The quantitative estimate of drug-likeness (QED) is 0.837. The Morgan fingerprint density at radius 3 is 2.72 bits per heavy atom. The third-order valence-corrected chi connectivity index (χ3v) is 3.87. The summed E-state index contributed by atoms with van der Waals surface area (Å²) in [6.07, 6.45) is 0. The highest BCUT2D eigenvalue weighted by atomic mass is 79.9. The van der Waals surface area contributed by atoms with Gasteiger partial charge in [-0.05, 0) is 31.5 Å². The molecule has 0 unspecified atom stereocenters. The number of rotatable bonds is 1. The summed E-state index contributed by atoms with van der Waals surface area (Å²) >= 11 is 3.43. The Balaban J connectivity index is 2.44. The summed E-state index contributed by atoms with van der Waals surface area (Å²) in [4.78, 5) is 13.6. The average Bonchev–Trinajstić information content (AvgIpc) is 2.31. The lowest BCUT2D eigenvalue weighted by Crippen LogP contribution is -2.58. The van der Waals surface area contributed by atoms with Crippen LogP contribution in [-0.2, 0) is 4.79 Å². The molecule has 96 valence electrons. The molecule has 5 heteroatoms. The largest absolute Gasteiger partial charge is 0.348 e. The van der Waals surface area contributed by atoms with Gasteiger partial charge in [-0.1, -0.05) is 28.1 Å². The van der Waals surface area contributed by atoms with E-state index in [0.29, 0.717) is 0 Å². The molecule has 0 spiro atoms. The minimum atomic E-state index is -0.583. The molecule has 1 heterocycles. The molecule has 18 heavy (non-hydrogen) atoms. The SMILES string of the molecule is CN1C(=N)N[C@H](c2cccc(Br)c2)C(C)(C)C1=O. The molecule has 0 radical (unpaired) electrons. The minimum absolute atomic E-state index is 0.0452. The predicted octanol–water partition coefficient (Wildman–Crippen LogP) is 2.51. The number of guanidine groups is 1. The van der Waals surface area contributed by atoms with E-state index in [2.05, 4.69) is 21.2 Å². The van der Waals surface area contributed by atoms with Gasteiger partial charge in [0.15, 0.2) is 5.96 Å². The summed E-state index contributed by atoms with van der Waals surface area (Å²) in [6.45, 7) is 3.80. The number of amides is 1. The van der Waals surface area contributed by atoms with Gasteiger partial charge in [0.05, 0.1) is 11.5 Å². The average molecular weight is 310 g/mol. The van der Waals surface area contributed by atoms with Crippen LogP contribution in [0, 0.1) is 10.8 Å². The third-order valence-electron chi connectivity index (χ3n) is 3.38. The molecular weight excluding hydrogens is 294 g/mol. The van der Waals surface area contributed by atoms with E-state index in [9.17, 15) is 4.79 Å². The zero-order valence-corrected chi connectivity index (χ0v) is 12.2. The second-order valence-electron chi connectivity index (χ2n) is 5.07. The van der Waals surface area contributed by atoms with Crippen LogP contribution in [-0.4, -0.2) is 23.8 Å². The van der Waals surface area contributed by atoms with Crippen molar-refractivity contribution in [3.8, 4) is 0 Å². The van der Waals surface area contributed by atoms with Crippen LogP contribution < -0.4 is 5.32 Å². The Morgan fingerprint density at radius 1 is 1.44 bits per heavy atom. The smallest absolute Gasteiger partial charge is 0.237 e. The lowest BCUT2D eigenvalue weighted by molar-refractivity contribution is -0.138. The fourth-order valence-corrected chi connectivity index (χ4v) is 2.67. The number of carbonyl (C=O) groups excluding carboxylic acids is 1. The summed E-state index contributed by atoms with van der Waals surface area (Å²) in [7, 11) is 1.62. The van der Waals surface area contributed by atoms with Crippen LogP contribution in [0.15, 0.2) is 28.7 Å². The number of halogens is 1. The van der Waals surface area contributed by atoms with Crippen molar-refractivity contribution in [1.82, 2.24) is 10.2 Å². The Bertz CT molecular complexity index is 513. The third kappa shape index (κ3) is 2.03. The second-order valence-corrected chi connectivity index (χ2v) is 5.98. The first-order valence-electron chi connectivity index (χ1n) is 5.72. The molecule has 1 fully saturated rings. The van der Waals surface area contributed by atoms with Crippen LogP contribution in [0.25, 0.3) is 0 Å². The number of nitrogens with one attached hydrogen (secondary N) is 2. The van der Waals surface area contributed by atoms with Crippen molar-refractivity contribution < 1.29 is 4.79 Å². The topological polar surface area (TPSA) is 56.2 Å². The van der Waals surface area contributed by atoms with E-state index in [0.717, 1.165) is 10.0 Å². The Labute approximate surface area is 115 Å². The van der Waals surface area contributed by atoms with E-state index < -0.39 is 5.41 Å². The molecule has 1 aromatic rings. The number of hydrogen-bond acceptors (Lipinski definition) is 2. The van der Waals surface area contributed by atoms with Crippen molar-refractivity contribution in [3.05, 3.63) is 34.3 Å². The van der Waals surface area contributed by atoms with Crippen molar-refractivity contribution in [2.24, 2.45) is 5.41 Å². The predicted molar refractivity (Wildman–Crippen MR) is 74.3 cm³/mol. The van der Waals surface area contributed by atoms with E-state index in [4.69, 9.17) is 5.41 Å². The van der Waals surface area contributed by atoms with E-state index in [-0.39, 0.29) is 17.9 Å². The molecule has 1 saturated heterocycles. The van der Waals surface area contributed by atoms with Gasteiger partial charge in [-0.2, -0.15) is 0 Å². The Hall–Kier alpha value is -1.36. The van der Waals surface area contributed by atoms with Crippen molar-refractivity contribution in [2.75, 3.05) is 7.05 Å². The molecule has 1 aliphatic heterocycles. The molecular formula is C13H16BrN3O. The molecule has 1 aromatic carbocycles. The Morgan fingerprint density at radius 2 is 2.11 bits per heavy atom. The maximum absolute atomic E-state index is 12.3. The Kier molecular flexibility index (Phi) is 3.19. The highest BCUT2D eigenvalue weighted by Crippen LogP contribution is 2.38. The number of benzene rings is 1. The van der Waals surface area contributed by atoms with Gasteiger partial charge in [0, 0.05) is 11.5 Å². The first-order valence-corrected chi connectivity index (χ1v) is 6.52. The van der Waals surface area contributed by atoms with Gasteiger partial charge in [-0.25, -0.2) is 0 Å². The van der Waals surface area contributed by atoms with E-state index >= 15 is 0 Å². The second kappa shape index (κ2) is 4.39. The molecule has 0 aliphatic carbocycles. The van der Waals surface area contributed by atoms with Gasteiger partial charge in [0.1, 0.15) is 0 Å². The van der Waals surface area contributed by atoms with Crippen molar-refractivity contribution >= 4 is 27.8 Å². The monoisotopic (exact) mass is 309 g/mol. The highest BCUT2D eigenvalue weighted by Gasteiger charge is 2.45. The lowest BCUT2D eigenvalue weighted by atomic mass is 9.78. The van der Waals surface area contributed by atoms with Gasteiger partial charge in [0.25, 0.3) is 0 Å². The fourth-order valence-electron chi connectivity index (χ4n) is 2.26. The lowest BCUT2D eigenvalue weighted by Gasteiger charge is -2.43. The minimum Gasteiger partial charge on any atom is -0.348 e. The van der Waals surface area contributed by atoms with Crippen LogP contribution in [0.1, 0.15) is 25.5 Å². The van der Waals surface area contributed by atoms with Crippen LogP contribution in [0.3, 0.4) is 0 Å². The van der Waals surface area contributed by atoms with Gasteiger partial charge in [-0.3, -0.25) is 15.1 Å². The molecule has 1 amide bonds. The molecule has 1 atom stereocenters. The van der Waals surface area contributed by atoms with E-state index in [1.807, 2.05) is 38.1 Å². The van der Waals surface area contributed by atoms with Crippen molar-refractivity contribution in [2.45, 2.75) is 19.9 Å². The zero-order chi connectivity index (χ0) is 13.5. The molecule has 0 bridgehead atoms. The molecule has 4 nitrogen and oxygen atoms in total. The summed E-state index contributed by atoms with van der Waals surface area (Å²) in [5.74, 6) is 0.0977. The van der Waals surface area contributed by atoms with Gasteiger partial charge in [-0.15, -0.1) is 0 Å². The van der Waals surface area contributed by atoms with Crippen molar-refractivity contribution in [1.29, 1.82) is 5.41 Å². The zero-order valence-electron chi connectivity index (χ0n) is 10.6. The van der Waals surface area contributed by atoms with Crippen LogP contribution in [0.2, 0.25) is 0 Å².